The topological polar surface area (TPSA) is 64.3 Å². The highest BCUT2D eigenvalue weighted by Crippen LogP contribution is 1.73. The average molecular weight is 156 g/mol. The van der Waals surface area contributed by atoms with Crippen molar-refractivity contribution >= 4 is 6.09 Å². The molecule has 0 saturated heterocycles. The van der Waals surface area contributed by atoms with E-state index < -0.39 is 6.09 Å². The number of ether oxygens (including phenoxy) is 1. The molecule has 4 heteroatoms. The molecule has 3 N–H and O–H groups in total. The van der Waals surface area contributed by atoms with E-state index in [4.69, 9.17) is 12.2 Å². The predicted octanol–water partition coefficient (Wildman–Crippen LogP) is -0.305. The van der Waals surface area contributed by atoms with Gasteiger partial charge in [0, 0.05) is 19.5 Å². The Hall–Kier alpha value is -1.21. The van der Waals surface area contributed by atoms with Gasteiger partial charge in [-0.2, -0.15) is 0 Å². The maximum atomic E-state index is 10.0. The molecule has 0 heterocycles. The first-order chi connectivity index (χ1) is 5.27. The second-order valence-corrected chi connectivity index (χ2v) is 1.87. The second kappa shape index (κ2) is 6.90. The fourth-order valence-electron chi connectivity index (χ4n) is 0.509. The number of hydrogen-bond acceptors (Lipinski definition) is 3. The van der Waals surface area contributed by atoms with Crippen molar-refractivity contribution < 1.29 is 9.53 Å². The number of amides is 1. The third kappa shape index (κ3) is 8.79. The molecule has 0 bridgehead atoms. The smallest absolute Gasteiger partial charge is 0.404 e. The number of nitrogens with two attached hydrogens (primary N) is 1. The molecule has 1 amide bonds. The summed E-state index contributed by atoms with van der Waals surface area (Å²) >= 11 is 0. The van der Waals surface area contributed by atoms with Gasteiger partial charge in [-0.05, 0) is 0 Å². The summed E-state index contributed by atoms with van der Waals surface area (Å²) in [4.78, 5) is 10.0. The maximum Gasteiger partial charge on any atom is 0.404 e. The molecular formula is C7H12N2O2. The summed E-state index contributed by atoms with van der Waals surface area (Å²) in [5.41, 5.74) is 4.71. The van der Waals surface area contributed by atoms with Crippen molar-refractivity contribution in [1.82, 2.24) is 5.32 Å². The van der Waals surface area contributed by atoms with Crippen LogP contribution in [0.1, 0.15) is 6.42 Å². The van der Waals surface area contributed by atoms with Gasteiger partial charge in [0.1, 0.15) is 6.61 Å². The molecule has 0 aromatic heterocycles. The molecule has 0 aliphatic heterocycles. The second-order valence-electron chi connectivity index (χ2n) is 1.87. The first-order valence-corrected chi connectivity index (χ1v) is 3.33. The Morgan fingerprint density at radius 3 is 2.91 bits per heavy atom. The Kier molecular flexibility index (Phi) is 6.14. The Morgan fingerprint density at radius 2 is 2.36 bits per heavy atom. The lowest BCUT2D eigenvalue weighted by Crippen LogP contribution is -2.24. The first-order valence-electron chi connectivity index (χ1n) is 3.33. The normalized spacial score (nSPS) is 8.64. The maximum absolute atomic E-state index is 10.0. The number of hydrogen-bond donors (Lipinski definition) is 2. The molecule has 11 heavy (non-hydrogen) atoms. The van der Waals surface area contributed by atoms with Crippen LogP contribution in [0.5, 0.6) is 0 Å². The summed E-state index contributed by atoms with van der Waals surface area (Å²) in [6.07, 6.45) is 4.93. The molecule has 4 nitrogen and oxygen atoms in total. The van der Waals surface area contributed by atoms with Crippen molar-refractivity contribution in [1.29, 1.82) is 0 Å². The van der Waals surface area contributed by atoms with Gasteiger partial charge in [0.2, 0.25) is 0 Å². The fourth-order valence-corrected chi connectivity index (χ4v) is 0.509. The Morgan fingerprint density at radius 1 is 1.64 bits per heavy atom. The molecule has 0 aromatic carbocycles. The zero-order chi connectivity index (χ0) is 8.53. The molecule has 62 valence electrons. The van der Waals surface area contributed by atoms with Crippen molar-refractivity contribution in [2.75, 3.05) is 19.7 Å². The number of terminal acetylenes is 1. The molecule has 0 saturated carbocycles. The quantitative estimate of drug-likeness (QED) is 0.424. The van der Waals surface area contributed by atoms with Crippen molar-refractivity contribution in [2.45, 2.75) is 6.42 Å². The van der Waals surface area contributed by atoms with Gasteiger partial charge in [-0.25, -0.2) is 4.79 Å². The third-order valence-electron chi connectivity index (χ3n) is 0.969. The van der Waals surface area contributed by atoms with Crippen LogP contribution in [0.15, 0.2) is 0 Å². The monoisotopic (exact) mass is 156 g/mol. The molecule has 0 aromatic rings. The SMILES string of the molecule is C#CCCNCCOC(N)=O. The van der Waals surface area contributed by atoms with Crippen LogP contribution in [0.2, 0.25) is 0 Å². The Bertz CT molecular complexity index is 151. The van der Waals surface area contributed by atoms with Crippen molar-refractivity contribution in [2.24, 2.45) is 5.73 Å². The van der Waals surface area contributed by atoms with E-state index in [0.29, 0.717) is 19.6 Å². The van der Waals surface area contributed by atoms with Crippen LogP contribution >= 0.6 is 0 Å². The molecule has 0 aliphatic carbocycles. The van der Waals surface area contributed by atoms with Gasteiger partial charge in [-0.15, -0.1) is 12.3 Å². The van der Waals surface area contributed by atoms with Gasteiger partial charge in [0.05, 0.1) is 0 Å². The van der Waals surface area contributed by atoms with E-state index in [1.165, 1.54) is 0 Å². The zero-order valence-electron chi connectivity index (χ0n) is 6.30. The van der Waals surface area contributed by atoms with Gasteiger partial charge in [-0.3, -0.25) is 0 Å². The fraction of sp³-hybridized carbons (Fsp3) is 0.571. The van der Waals surface area contributed by atoms with E-state index in [1.54, 1.807) is 0 Å². The molecule has 0 fully saturated rings. The van der Waals surface area contributed by atoms with E-state index in [9.17, 15) is 4.79 Å². The van der Waals surface area contributed by atoms with Crippen LogP contribution in [0.25, 0.3) is 0 Å². The summed E-state index contributed by atoms with van der Waals surface area (Å²) in [5.74, 6) is 2.47. The van der Waals surface area contributed by atoms with Gasteiger partial charge in [0.25, 0.3) is 0 Å². The van der Waals surface area contributed by atoms with Crippen molar-refractivity contribution in [3.8, 4) is 12.3 Å². The first kappa shape index (κ1) is 9.79. The summed E-state index contributed by atoms with van der Waals surface area (Å²) in [7, 11) is 0. The molecule has 0 rings (SSSR count). The van der Waals surface area contributed by atoms with Gasteiger partial charge in [0.15, 0.2) is 0 Å². The van der Waals surface area contributed by atoms with Gasteiger partial charge in [-0.1, -0.05) is 0 Å². The van der Waals surface area contributed by atoms with Gasteiger partial charge < -0.3 is 15.8 Å². The van der Waals surface area contributed by atoms with E-state index in [1.807, 2.05) is 0 Å². The minimum absolute atomic E-state index is 0.292. The standard InChI is InChI=1S/C7H12N2O2/c1-2-3-4-9-5-6-11-7(8)10/h1,9H,3-6H2,(H2,8,10). The number of carbonyl (C=O) groups is 1. The lowest BCUT2D eigenvalue weighted by Gasteiger charge is -2.01. The number of carbonyl (C=O) groups excluding carboxylic acids is 1. The number of nitrogens with one attached hydrogen (secondary N) is 1. The molecule has 0 atom stereocenters. The molecule has 0 radical (unpaired) electrons. The van der Waals surface area contributed by atoms with Crippen LogP contribution in [0, 0.1) is 12.3 Å². The van der Waals surface area contributed by atoms with Crippen LogP contribution < -0.4 is 11.1 Å². The molecular weight excluding hydrogens is 144 g/mol. The predicted molar refractivity (Wildman–Crippen MR) is 41.9 cm³/mol. The lowest BCUT2D eigenvalue weighted by atomic mass is 10.4. The van der Waals surface area contributed by atoms with Crippen LogP contribution in [0.4, 0.5) is 4.79 Å². The largest absolute Gasteiger partial charge is 0.448 e. The highest BCUT2D eigenvalue weighted by Gasteiger charge is 1.90. The summed E-state index contributed by atoms with van der Waals surface area (Å²) in [6, 6.07) is 0. The van der Waals surface area contributed by atoms with E-state index in [2.05, 4.69) is 16.0 Å². The lowest BCUT2D eigenvalue weighted by molar-refractivity contribution is 0.157. The van der Waals surface area contributed by atoms with Crippen molar-refractivity contribution in [3.63, 3.8) is 0 Å². The minimum atomic E-state index is -0.747. The third-order valence-corrected chi connectivity index (χ3v) is 0.969. The average Bonchev–Trinajstić information content (AvgIpc) is 1.96. The van der Waals surface area contributed by atoms with Crippen LogP contribution in [-0.4, -0.2) is 25.8 Å². The van der Waals surface area contributed by atoms with Crippen LogP contribution in [0.3, 0.4) is 0 Å². The molecule has 0 unspecified atom stereocenters. The Balaban J connectivity index is 2.92. The highest BCUT2D eigenvalue weighted by atomic mass is 16.5. The zero-order valence-corrected chi connectivity index (χ0v) is 6.30. The molecule has 0 spiro atoms. The van der Waals surface area contributed by atoms with E-state index in [0.717, 1.165) is 6.54 Å². The van der Waals surface area contributed by atoms with Crippen molar-refractivity contribution in [3.05, 3.63) is 0 Å². The number of rotatable bonds is 5. The summed E-state index contributed by atoms with van der Waals surface area (Å²) in [6.45, 7) is 1.61. The Labute approximate surface area is 66.1 Å². The van der Waals surface area contributed by atoms with E-state index >= 15 is 0 Å². The van der Waals surface area contributed by atoms with Crippen LogP contribution in [-0.2, 0) is 4.74 Å². The summed E-state index contributed by atoms with van der Waals surface area (Å²) in [5, 5.41) is 2.97. The van der Waals surface area contributed by atoms with Gasteiger partial charge >= 0.3 is 6.09 Å². The highest BCUT2D eigenvalue weighted by molar-refractivity contribution is 5.64. The number of primary amides is 1. The molecule has 0 aliphatic rings. The van der Waals surface area contributed by atoms with E-state index in [-0.39, 0.29) is 0 Å². The summed E-state index contributed by atoms with van der Waals surface area (Å²) < 4.78 is 4.45. The minimum Gasteiger partial charge on any atom is -0.448 e.